The Hall–Kier alpha value is -4.46. The van der Waals surface area contributed by atoms with Crippen molar-refractivity contribution in [3.63, 3.8) is 0 Å². The van der Waals surface area contributed by atoms with Crippen LogP contribution in [0.5, 0.6) is 5.75 Å². The molecule has 1 amide bonds. The van der Waals surface area contributed by atoms with Crippen molar-refractivity contribution in [3.05, 3.63) is 123 Å². The lowest BCUT2D eigenvalue weighted by atomic mass is 10.1. The van der Waals surface area contributed by atoms with Gasteiger partial charge in [-0.1, -0.05) is 60.7 Å². The van der Waals surface area contributed by atoms with E-state index in [1.165, 1.54) is 7.11 Å². The Labute approximate surface area is 196 Å². The Bertz CT molecular complexity index is 1400. The van der Waals surface area contributed by atoms with Crippen molar-refractivity contribution < 1.29 is 9.53 Å². The van der Waals surface area contributed by atoms with Crippen LogP contribution in [0, 0.1) is 0 Å². The number of carbonyl (C=O) groups is 1. The summed E-state index contributed by atoms with van der Waals surface area (Å²) in [6.07, 6.45) is 0. The number of amides is 1. The number of methoxy groups -OCH3 is 1. The van der Waals surface area contributed by atoms with Crippen LogP contribution in [0.2, 0.25) is 0 Å². The molecule has 34 heavy (non-hydrogen) atoms. The van der Waals surface area contributed by atoms with E-state index in [0.29, 0.717) is 11.4 Å². The number of hydrogen-bond donors (Lipinski definition) is 1. The highest BCUT2D eigenvalue weighted by molar-refractivity contribution is 5.92. The number of benzene rings is 3. The minimum atomic E-state index is -0.753. The molecule has 8 nitrogen and oxygen atoms in total. The van der Waals surface area contributed by atoms with Crippen molar-refractivity contribution in [1.29, 1.82) is 0 Å². The van der Waals surface area contributed by atoms with E-state index in [2.05, 4.69) is 10.4 Å². The third-order valence-corrected chi connectivity index (χ3v) is 5.42. The van der Waals surface area contributed by atoms with Crippen molar-refractivity contribution in [1.82, 2.24) is 19.7 Å². The van der Waals surface area contributed by atoms with Crippen molar-refractivity contribution in [2.45, 2.75) is 19.5 Å². The minimum absolute atomic E-state index is 0.00565. The molecular weight excluding hydrogens is 432 g/mol. The highest BCUT2D eigenvalue weighted by atomic mass is 16.5. The molecular formula is C26H24N4O4. The quantitative estimate of drug-likeness (QED) is 0.461. The first-order valence-electron chi connectivity index (χ1n) is 10.8. The lowest BCUT2D eigenvalue weighted by molar-refractivity contribution is 0.0930. The van der Waals surface area contributed by atoms with Crippen LogP contribution in [0.25, 0.3) is 5.69 Å². The summed E-state index contributed by atoms with van der Waals surface area (Å²) < 4.78 is 7.26. The second-order valence-electron chi connectivity index (χ2n) is 7.72. The third-order valence-electron chi connectivity index (χ3n) is 5.42. The van der Waals surface area contributed by atoms with Gasteiger partial charge in [-0.25, -0.2) is 4.79 Å². The van der Waals surface area contributed by atoms with Gasteiger partial charge in [0.15, 0.2) is 0 Å². The molecule has 0 fully saturated rings. The Morgan fingerprint density at radius 3 is 2.18 bits per heavy atom. The number of carbonyl (C=O) groups excluding carboxylic acids is 1. The summed E-state index contributed by atoms with van der Waals surface area (Å²) in [6.45, 7) is 1.82. The highest BCUT2D eigenvalue weighted by Crippen LogP contribution is 2.14. The summed E-state index contributed by atoms with van der Waals surface area (Å²) in [5, 5.41) is 6.98. The molecule has 1 aromatic heterocycles. The SMILES string of the molecule is COc1ccc(-n2nc(C(=O)NC(C)c3ccccc3)c(=O)n(Cc3ccccc3)c2=O)cc1. The first-order chi connectivity index (χ1) is 16.5. The fourth-order valence-corrected chi connectivity index (χ4v) is 3.54. The number of nitrogens with zero attached hydrogens (tertiary/aromatic N) is 3. The normalized spacial score (nSPS) is 11.6. The fraction of sp³-hybridized carbons (Fsp3) is 0.154. The second-order valence-corrected chi connectivity index (χ2v) is 7.72. The van der Waals surface area contributed by atoms with Crippen LogP contribution in [-0.2, 0) is 6.54 Å². The summed E-state index contributed by atoms with van der Waals surface area (Å²) in [4.78, 5) is 39.6. The second kappa shape index (κ2) is 9.99. The summed E-state index contributed by atoms with van der Waals surface area (Å²) in [6, 6.07) is 24.7. The molecule has 1 unspecified atom stereocenters. The average Bonchev–Trinajstić information content (AvgIpc) is 2.88. The van der Waals surface area contributed by atoms with Crippen LogP contribution in [0.3, 0.4) is 0 Å². The molecule has 1 heterocycles. The topological polar surface area (TPSA) is 95.2 Å². The molecule has 0 aliphatic heterocycles. The minimum Gasteiger partial charge on any atom is -0.497 e. The molecule has 4 aromatic rings. The largest absolute Gasteiger partial charge is 0.497 e. The first-order valence-corrected chi connectivity index (χ1v) is 10.8. The van der Waals surface area contributed by atoms with Gasteiger partial charge in [-0.05, 0) is 42.3 Å². The predicted molar refractivity (Wildman–Crippen MR) is 129 cm³/mol. The summed E-state index contributed by atoms with van der Waals surface area (Å²) in [5.41, 5.74) is 0.261. The maximum atomic E-state index is 13.3. The molecule has 0 aliphatic carbocycles. The number of rotatable bonds is 7. The smallest absolute Gasteiger partial charge is 0.352 e. The fourth-order valence-electron chi connectivity index (χ4n) is 3.54. The molecule has 0 saturated heterocycles. The van der Waals surface area contributed by atoms with E-state index in [4.69, 9.17) is 4.74 Å². The molecule has 3 aromatic carbocycles. The van der Waals surface area contributed by atoms with Crippen LogP contribution in [0.15, 0.2) is 94.5 Å². The molecule has 0 spiro atoms. The zero-order chi connectivity index (χ0) is 24.1. The van der Waals surface area contributed by atoms with Crippen LogP contribution in [0.1, 0.15) is 34.6 Å². The van der Waals surface area contributed by atoms with Crippen molar-refractivity contribution in [2.75, 3.05) is 7.11 Å². The van der Waals surface area contributed by atoms with Gasteiger partial charge in [0.2, 0.25) is 5.69 Å². The summed E-state index contributed by atoms with van der Waals surface area (Å²) >= 11 is 0. The maximum Gasteiger partial charge on any atom is 0.352 e. The molecule has 0 saturated carbocycles. The number of hydrogen-bond acceptors (Lipinski definition) is 5. The summed E-state index contributed by atoms with van der Waals surface area (Å²) in [5.74, 6) is -0.0607. The lowest BCUT2D eigenvalue weighted by Gasteiger charge is -2.16. The third kappa shape index (κ3) is 4.80. The van der Waals surface area contributed by atoms with E-state index in [0.717, 1.165) is 20.4 Å². The summed E-state index contributed by atoms with van der Waals surface area (Å²) in [7, 11) is 1.54. The monoisotopic (exact) mass is 456 g/mol. The molecule has 4 rings (SSSR count). The molecule has 1 atom stereocenters. The Morgan fingerprint density at radius 2 is 1.56 bits per heavy atom. The van der Waals surface area contributed by atoms with Crippen LogP contribution >= 0.6 is 0 Å². The number of ether oxygens (including phenoxy) is 1. The predicted octanol–water partition coefficient (Wildman–Crippen LogP) is 2.94. The van der Waals surface area contributed by atoms with Gasteiger partial charge < -0.3 is 10.1 Å². The van der Waals surface area contributed by atoms with Crippen LogP contribution in [0.4, 0.5) is 0 Å². The zero-order valence-electron chi connectivity index (χ0n) is 18.8. The first kappa shape index (κ1) is 22.7. The highest BCUT2D eigenvalue weighted by Gasteiger charge is 2.22. The van der Waals surface area contributed by atoms with Gasteiger partial charge in [0.25, 0.3) is 11.5 Å². The Balaban J connectivity index is 1.79. The van der Waals surface area contributed by atoms with E-state index in [1.54, 1.807) is 36.4 Å². The van der Waals surface area contributed by atoms with E-state index < -0.39 is 17.2 Å². The van der Waals surface area contributed by atoms with E-state index in [-0.39, 0.29) is 18.3 Å². The molecule has 1 N–H and O–H groups in total. The van der Waals surface area contributed by atoms with Crippen LogP contribution < -0.4 is 21.3 Å². The molecule has 0 radical (unpaired) electrons. The van der Waals surface area contributed by atoms with Crippen LogP contribution in [-0.4, -0.2) is 27.4 Å². The molecule has 8 heteroatoms. The van der Waals surface area contributed by atoms with Crippen molar-refractivity contribution in [3.8, 4) is 11.4 Å². The van der Waals surface area contributed by atoms with Crippen molar-refractivity contribution in [2.24, 2.45) is 0 Å². The van der Waals surface area contributed by atoms with Gasteiger partial charge in [-0.15, -0.1) is 0 Å². The Morgan fingerprint density at radius 1 is 0.941 bits per heavy atom. The van der Waals surface area contributed by atoms with Gasteiger partial charge >= 0.3 is 5.69 Å². The van der Waals surface area contributed by atoms with E-state index in [1.807, 2.05) is 55.5 Å². The van der Waals surface area contributed by atoms with Gasteiger partial charge in [-0.3, -0.25) is 14.2 Å². The lowest BCUT2D eigenvalue weighted by Crippen LogP contribution is -2.46. The van der Waals surface area contributed by atoms with Gasteiger partial charge in [0, 0.05) is 0 Å². The molecule has 172 valence electrons. The molecule has 0 bridgehead atoms. The van der Waals surface area contributed by atoms with Gasteiger partial charge in [-0.2, -0.15) is 9.78 Å². The van der Waals surface area contributed by atoms with E-state index in [9.17, 15) is 14.4 Å². The standard InChI is InChI=1S/C26H24N4O4/c1-18(20-11-7-4-8-12-20)27-24(31)23-25(32)29(17-19-9-5-3-6-10-19)26(33)30(28-23)21-13-15-22(34-2)16-14-21/h3-16,18H,17H2,1-2H3,(H,27,31). The number of aromatic nitrogens is 3. The van der Waals surface area contributed by atoms with E-state index >= 15 is 0 Å². The van der Waals surface area contributed by atoms with Gasteiger partial charge in [0.1, 0.15) is 5.75 Å². The van der Waals surface area contributed by atoms with Gasteiger partial charge in [0.05, 0.1) is 25.4 Å². The Kier molecular flexibility index (Phi) is 6.68. The maximum absolute atomic E-state index is 13.3. The molecule has 0 aliphatic rings. The zero-order valence-corrected chi connectivity index (χ0v) is 18.8. The van der Waals surface area contributed by atoms with Crippen molar-refractivity contribution >= 4 is 5.91 Å². The number of nitrogens with one attached hydrogen (secondary N) is 1. The average molecular weight is 457 g/mol.